The average Bonchev–Trinajstić information content (AvgIpc) is 2.73. The fourth-order valence-electron chi connectivity index (χ4n) is 3.07. The molecule has 1 atom stereocenters. The van der Waals surface area contributed by atoms with E-state index in [0.29, 0.717) is 0 Å². The molecule has 0 bridgehead atoms. The van der Waals surface area contributed by atoms with Crippen LogP contribution >= 0.6 is 0 Å². The van der Waals surface area contributed by atoms with E-state index in [1.54, 1.807) is 0 Å². The molecule has 0 saturated carbocycles. The lowest BCUT2D eigenvalue weighted by Gasteiger charge is -2.25. The van der Waals surface area contributed by atoms with Crippen molar-refractivity contribution < 1.29 is 4.74 Å². The third-order valence-electron chi connectivity index (χ3n) is 4.29. The summed E-state index contributed by atoms with van der Waals surface area (Å²) in [5.41, 5.74) is 5.66. The molecule has 1 aliphatic rings. The summed E-state index contributed by atoms with van der Waals surface area (Å²) in [5.74, 6) is 1.05. The lowest BCUT2D eigenvalue weighted by molar-refractivity contribution is 0.276. The molecule has 1 heteroatoms. The second-order valence-corrected chi connectivity index (χ2v) is 5.89. The van der Waals surface area contributed by atoms with Crippen LogP contribution in [0.1, 0.15) is 29.2 Å². The zero-order chi connectivity index (χ0) is 13.5. The minimum Gasteiger partial charge on any atom is -0.492 e. The van der Waals surface area contributed by atoms with Crippen molar-refractivity contribution in [2.45, 2.75) is 32.6 Å². The maximum absolute atomic E-state index is 5.87. The highest BCUT2D eigenvalue weighted by atomic mass is 16.5. The summed E-state index contributed by atoms with van der Waals surface area (Å²) in [6.45, 7) is 7.49. The first-order chi connectivity index (χ1) is 9.10. The van der Waals surface area contributed by atoms with E-state index in [9.17, 15) is 0 Å². The van der Waals surface area contributed by atoms with Gasteiger partial charge >= 0.3 is 0 Å². The first-order valence-corrected chi connectivity index (χ1v) is 6.87. The first-order valence-electron chi connectivity index (χ1n) is 6.87. The van der Waals surface area contributed by atoms with Crippen molar-refractivity contribution in [3.05, 3.63) is 64.7 Å². The lowest BCUT2D eigenvalue weighted by Crippen LogP contribution is -2.27. The molecule has 0 unspecified atom stereocenters. The lowest BCUT2D eigenvalue weighted by atomic mass is 9.77. The Hall–Kier alpha value is -1.76. The maximum Gasteiger partial charge on any atom is 0.123 e. The predicted molar refractivity (Wildman–Crippen MR) is 78.9 cm³/mol. The van der Waals surface area contributed by atoms with E-state index >= 15 is 0 Å². The summed E-state index contributed by atoms with van der Waals surface area (Å²) in [6.07, 6.45) is 1.04. The van der Waals surface area contributed by atoms with Crippen molar-refractivity contribution >= 4 is 0 Å². The molecule has 0 amide bonds. The molecular formula is C18H20O. The van der Waals surface area contributed by atoms with Gasteiger partial charge in [-0.2, -0.15) is 0 Å². The van der Waals surface area contributed by atoms with Crippen LogP contribution in [0, 0.1) is 13.8 Å². The number of aryl methyl sites for hydroxylation is 2. The summed E-state index contributed by atoms with van der Waals surface area (Å²) in [5, 5.41) is 0. The molecule has 0 saturated heterocycles. The second-order valence-electron chi connectivity index (χ2n) is 5.89. The van der Waals surface area contributed by atoms with Crippen LogP contribution in [0.2, 0.25) is 0 Å². The average molecular weight is 252 g/mol. The smallest absolute Gasteiger partial charge is 0.123 e. The fourth-order valence-corrected chi connectivity index (χ4v) is 3.07. The van der Waals surface area contributed by atoms with Crippen molar-refractivity contribution in [3.8, 4) is 5.75 Å². The summed E-state index contributed by atoms with van der Waals surface area (Å²) in [4.78, 5) is 0. The Labute approximate surface area is 115 Å². The maximum atomic E-state index is 5.87. The van der Waals surface area contributed by atoms with E-state index in [1.165, 1.54) is 22.3 Å². The minimum atomic E-state index is 0.0907. The normalized spacial score (nSPS) is 21.0. The molecule has 2 aromatic rings. The molecule has 1 heterocycles. The molecule has 1 nitrogen and oxygen atoms in total. The van der Waals surface area contributed by atoms with Crippen LogP contribution in [0.25, 0.3) is 0 Å². The van der Waals surface area contributed by atoms with Crippen LogP contribution in [0.15, 0.2) is 42.5 Å². The molecular weight excluding hydrogens is 232 g/mol. The highest BCUT2D eigenvalue weighted by molar-refractivity contribution is 5.46. The third kappa shape index (κ3) is 2.03. The van der Waals surface area contributed by atoms with Gasteiger partial charge in [-0.05, 0) is 43.0 Å². The topological polar surface area (TPSA) is 9.23 Å². The van der Waals surface area contributed by atoms with Gasteiger partial charge in [0.05, 0.1) is 6.61 Å². The Balaban J connectivity index is 2.00. The minimum absolute atomic E-state index is 0.0907. The second kappa shape index (κ2) is 4.41. The number of rotatable bonds is 2. The standard InChI is InChI=1S/C18H20O/c1-13-7-6-8-14(2)15(13)11-18(3)12-19-17-10-5-4-9-16(17)18/h4-10H,11-12H2,1-3H3/t18-/m1/s1. The number of para-hydroxylation sites is 1. The van der Waals surface area contributed by atoms with Crippen LogP contribution in [0.4, 0.5) is 0 Å². The Morgan fingerprint density at radius 1 is 1.00 bits per heavy atom. The first kappa shape index (κ1) is 12.3. The molecule has 19 heavy (non-hydrogen) atoms. The van der Waals surface area contributed by atoms with Gasteiger partial charge in [-0.15, -0.1) is 0 Å². The molecule has 0 spiro atoms. The molecule has 0 aliphatic carbocycles. The van der Waals surface area contributed by atoms with Crippen LogP contribution in [-0.2, 0) is 11.8 Å². The van der Waals surface area contributed by atoms with E-state index in [4.69, 9.17) is 4.74 Å². The van der Waals surface area contributed by atoms with Gasteiger partial charge in [0.15, 0.2) is 0 Å². The number of benzene rings is 2. The van der Waals surface area contributed by atoms with Crippen molar-refractivity contribution in [2.75, 3.05) is 6.61 Å². The molecule has 0 aromatic heterocycles. The van der Waals surface area contributed by atoms with E-state index in [2.05, 4.69) is 57.2 Å². The summed E-state index contributed by atoms with van der Waals surface area (Å²) in [6, 6.07) is 15.0. The van der Waals surface area contributed by atoms with Crippen molar-refractivity contribution in [1.29, 1.82) is 0 Å². The zero-order valence-corrected chi connectivity index (χ0v) is 11.9. The molecule has 2 aromatic carbocycles. The van der Waals surface area contributed by atoms with Crippen molar-refractivity contribution in [3.63, 3.8) is 0 Å². The van der Waals surface area contributed by atoms with Crippen LogP contribution in [0.5, 0.6) is 5.75 Å². The van der Waals surface area contributed by atoms with Gasteiger partial charge < -0.3 is 4.74 Å². The van der Waals surface area contributed by atoms with Crippen LogP contribution in [0.3, 0.4) is 0 Å². The van der Waals surface area contributed by atoms with E-state index < -0.39 is 0 Å². The van der Waals surface area contributed by atoms with Gasteiger partial charge in [0.25, 0.3) is 0 Å². The number of hydrogen-bond donors (Lipinski definition) is 0. The summed E-state index contributed by atoms with van der Waals surface area (Å²) in [7, 11) is 0. The van der Waals surface area contributed by atoms with Crippen molar-refractivity contribution in [1.82, 2.24) is 0 Å². The van der Waals surface area contributed by atoms with Gasteiger partial charge in [-0.3, -0.25) is 0 Å². The Morgan fingerprint density at radius 2 is 1.68 bits per heavy atom. The Bertz CT molecular complexity index is 595. The van der Waals surface area contributed by atoms with Gasteiger partial charge in [0, 0.05) is 11.0 Å². The number of ether oxygens (including phenoxy) is 1. The quantitative estimate of drug-likeness (QED) is 0.778. The summed E-state index contributed by atoms with van der Waals surface area (Å²) >= 11 is 0. The zero-order valence-electron chi connectivity index (χ0n) is 11.9. The molecule has 3 rings (SSSR count). The molecule has 1 aliphatic heterocycles. The van der Waals surface area contributed by atoms with Gasteiger partial charge in [0.2, 0.25) is 0 Å². The number of hydrogen-bond acceptors (Lipinski definition) is 1. The predicted octanol–water partition coefficient (Wildman–Crippen LogP) is 4.20. The third-order valence-corrected chi connectivity index (χ3v) is 4.29. The highest BCUT2D eigenvalue weighted by Crippen LogP contribution is 2.41. The SMILES string of the molecule is Cc1cccc(C)c1C[C@]1(C)COc2ccccc21. The highest BCUT2D eigenvalue weighted by Gasteiger charge is 2.36. The van der Waals surface area contributed by atoms with Gasteiger partial charge in [0.1, 0.15) is 5.75 Å². The molecule has 0 fully saturated rings. The largest absolute Gasteiger partial charge is 0.492 e. The Kier molecular flexibility index (Phi) is 2.85. The van der Waals surface area contributed by atoms with Gasteiger partial charge in [-0.1, -0.05) is 43.3 Å². The van der Waals surface area contributed by atoms with Gasteiger partial charge in [-0.25, -0.2) is 0 Å². The van der Waals surface area contributed by atoms with Crippen LogP contribution in [-0.4, -0.2) is 6.61 Å². The Morgan fingerprint density at radius 3 is 2.42 bits per heavy atom. The molecule has 0 radical (unpaired) electrons. The van der Waals surface area contributed by atoms with E-state index in [0.717, 1.165) is 18.8 Å². The molecule has 0 N–H and O–H groups in total. The monoisotopic (exact) mass is 252 g/mol. The van der Waals surface area contributed by atoms with E-state index in [1.807, 2.05) is 6.07 Å². The van der Waals surface area contributed by atoms with E-state index in [-0.39, 0.29) is 5.41 Å². The fraction of sp³-hybridized carbons (Fsp3) is 0.333. The van der Waals surface area contributed by atoms with Crippen molar-refractivity contribution in [2.24, 2.45) is 0 Å². The molecule has 98 valence electrons. The van der Waals surface area contributed by atoms with Crippen LogP contribution < -0.4 is 4.74 Å². The summed E-state index contributed by atoms with van der Waals surface area (Å²) < 4.78 is 5.87. The number of fused-ring (bicyclic) bond motifs is 1.